The maximum atomic E-state index is 11.9. The van der Waals surface area contributed by atoms with Crippen LogP contribution >= 0.6 is 0 Å². The summed E-state index contributed by atoms with van der Waals surface area (Å²) < 4.78 is 5.16. The molecule has 0 unspecified atom stereocenters. The number of carbonyl (C=O) groups is 1. The van der Waals surface area contributed by atoms with Crippen LogP contribution in [0.15, 0.2) is 30.5 Å². The lowest BCUT2D eigenvalue weighted by Crippen LogP contribution is -2.38. The second-order valence-electron chi connectivity index (χ2n) is 5.69. The maximum absolute atomic E-state index is 11.9. The van der Waals surface area contributed by atoms with Gasteiger partial charge in [-0.15, -0.1) is 0 Å². The average molecular weight is 286 g/mol. The first kappa shape index (κ1) is 14.1. The zero-order chi connectivity index (χ0) is 14.7. The van der Waals surface area contributed by atoms with Gasteiger partial charge in [0.05, 0.1) is 12.5 Å². The minimum atomic E-state index is -0.0406. The molecule has 1 atom stereocenters. The number of aromatic amines is 1. The van der Waals surface area contributed by atoms with Crippen molar-refractivity contribution in [3.05, 3.63) is 36.0 Å². The third kappa shape index (κ3) is 3.10. The van der Waals surface area contributed by atoms with Crippen molar-refractivity contribution < 1.29 is 9.53 Å². The number of nitrogens with one attached hydrogen (secondary N) is 1. The van der Waals surface area contributed by atoms with Crippen molar-refractivity contribution in [1.29, 1.82) is 0 Å². The van der Waals surface area contributed by atoms with Crippen molar-refractivity contribution in [3.8, 4) is 0 Å². The van der Waals surface area contributed by atoms with E-state index >= 15 is 0 Å². The average Bonchev–Trinajstić information content (AvgIpc) is 2.91. The molecule has 4 nitrogen and oxygen atoms in total. The van der Waals surface area contributed by atoms with Crippen LogP contribution < -0.4 is 0 Å². The molecule has 4 heteroatoms. The molecule has 0 spiro atoms. The molecule has 112 valence electrons. The zero-order valence-corrected chi connectivity index (χ0v) is 12.5. The molecule has 21 heavy (non-hydrogen) atoms. The fourth-order valence-electron chi connectivity index (χ4n) is 3.15. The third-order valence-corrected chi connectivity index (χ3v) is 4.19. The molecule has 3 rings (SSSR count). The van der Waals surface area contributed by atoms with Crippen molar-refractivity contribution in [2.45, 2.75) is 26.3 Å². The fourth-order valence-corrected chi connectivity index (χ4v) is 3.15. The standard InChI is InChI=1S/C17H22N2O2/c1-2-21-17(20)13-6-5-9-19(11-13)12-14-10-18-16-8-4-3-7-15(14)16/h3-4,7-8,10,13,18H,2,5-6,9,11-12H2,1H3/t13-/m0/s1. The summed E-state index contributed by atoms with van der Waals surface area (Å²) in [4.78, 5) is 17.6. The van der Waals surface area contributed by atoms with Crippen molar-refractivity contribution in [3.63, 3.8) is 0 Å². The van der Waals surface area contributed by atoms with Crippen molar-refractivity contribution in [2.24, 2.45) is 5.92 Å². The molecule has 1 fully saturated rings. The summed E-state index contributed by atoms with van der Waals surface area (Å²) in [6, 6.07) is 8.35. The summed E-state index contributed by atoms with van der Waals surface area (Å²) in [7, 11) is 0. The number of fused-ring (bicyclic) bond motifs is 1. The van der Waals surface area contributed by atoms with E-state index in [0.29, 0.717) is 6.61 Å². The molecule has 0 amide bonds. The van der Waals surface area contributed by atoms with E-state index in [1.807, 2.05) is 13.0 Å². The number of benzene rings is 1. The first-order valence-electron chi connectivity index (χ1n) is 7.72. The van der Waals surface area contributed by atoms with Gasteiger partial charge in [0.25, 0.3) is 0 Å². The molecule has 1 saturated heterocycles. The summed E-state index contributed by atoms with van der Waals surface area (Å²) in [5.41, 5.74) is 2.47. The van der Waals surface area contributed by atoms with Gasteiger partial charge in [-0.2, -0.15) is 0 Å². The number of para-hydroxylation sites is 1. The minimum absolute atomic E-state index is 0.0314. The Kier molecular flexibility index (Phi) is 4.25. The predicted molar refractivity (Wildman–Crippen MR) is 82.9 cm³/mol. The van der Waals surface area contributed by atoms with E-state index in [1.165, 1.54) is 16.5 Å². The molecule has 1 aliphatic heterocycles. The molecule has 0 bridgehead atoms. The van der Waals surface area contributed by atoms with Crippen LogP contribution in [0.1, 0.15) is 25.3 Å². The number of hydrogen-bond acceptors (Lipinski definition) is 3. The van der Waals surface area contributed by atoms with Crippen LogP contribution in [-0.4, -0.2) is 35.5 Å². The van der Waals surface area contributed by atoms with Gasteiger partial charge in [0.2, 0.25) is 0 Å². The molecular formula is C17H22N2O2. The van der Waals surface area contributed by atoms with Gasteiger partial charge in [-0.05, 0) is 37.9 Å². The minimum Gasteiger partial charge on any atom is -0.466 e. The summed E-state index contributed by atoms with van der Waals surface area (Å²) in [6.45, 7) is 5.08. The van der Waals surface area contributed by atoms with E-state index < -0.39 is 0 Å². The molecule has 1 aromatic carbocycles. The van der Waals surface area contributed by atoms with E-state index in [9.17, 15) is 4.79 Å². The zero-order valence-electron chi connectivity index (χ0n) is 12.5. The Bertz CT molecular complexity index is 620. The van der Waals surface area contributed by atoms with Gasteiger partial charge in [0, 0.05) is 30.2 Å². The smallest absolute Gasteiger partial charge is 0.310 e. The van der Waals surface area contributed by atoms with Gasteiger partial charge in [0.15, 0.2) is 0 Å². The third-order valence-electron chi connectivity index (χ3n) is 4.19. The molecule has 2 heterocycles. The second-order valence-corrected chi connectivity index (χ2v) is 5.69. The molecule has 2 aromatic rings. The van der Waals surface area contributed by atoms with Crippen LogP contribution in [0.3, 0.4) is 0 Å². The Hall–Kier alpha value is -1.81. The highest BCUT2D eigenvalue weighted by molar-refractivity contribution is 5.83. The molecule has 0 aliphatic carbocycles. The Balaban J connectivity index is 1.68. The van der Waals surface area contributed by atoms with Crippen LogP contribution in [0.4, 0.5) is 0 Å². The Labute approximate surface area is 125 Å². The van der Waals surface area contributed by atoms with Crippen LogP contribution in [0.5, 0.6) is 0 Å². The van der Waals surface area contributed by atoms with E-state index in [2.05, 4.69) is 34.3 Å². The normalized spacial score (nSPS) is 19.8. The number of likely N-dealkylation sites (tertiary alicyclic amines) is 1. The van der Waals surface area contributed by atoms with Gasteiger partial charge in [-0.1, -0.05) is 18.2 Å². The number of piperidine rings is 1. The van der Waals surface area contributed by atoms with Gasteiger partial charge < -0.3 is 9.72 Å². The largest absolute Gasteiger partial charge is 0.466 e. The molecule has 1 N–H and O–H groups in total. The van der Waals surface area contributed by atoms with Crippen molar-refractivity contribution in [2.75, 3.05) is 19.7 Å². The SMILES string of the molecule is CCOC(=O)[C@H]1CCCN(Cc2c[nH]c3ccccc23)C1. The number of carbonyl (C=O) groups excluding carboxylic acids is 1. The highest BCUT2D eigenvalue weighted by Gasteiger charge is 2.27. The molecule has 0 saturated carbocycles. The number of esters is 1. The maximum Gasteiger partial charge on any atom is 0.310 e. The quantitative estimate of drug-likeness (QED) is 0.879. The van der Waals surface area contributed by atoms with Crippen LogP contribution in [0.25, 0.3) is 10.9 Å². The highest BCUT2D eigenvalue weighted by atomic mass is 16.5. The Morgan fingerprint density at radius 1 is 1.43 bits per heavy atom. The van der Waals surface area contributed by atoms with Crippen LogP contribution in [0.2, 0.25) is 0 Å². The highest BCUT2D eigenvalue weighted by Crippen LogP contribution is 2.23. The topological polar surface area (TPSA) is 45.3 Å². The number of aromatic nitrogens is 1. The molecule has 0 radical (unpaired) electrons. The van der Waals surface area contributed by atoms with Gasteiger partial charge in [-0.25, -0.2) is 0 Å². The number of rotatable bonds is 4. The van der Waals surface area contributed by atoms with E-state index in [1.54, 1.807) is 0 Å². The summed E-state index contributed by atoms with van der Waals surface area (Å²) in [5, 5.41) is 1.27. The molecule has 1 aliphatic rings. The van der Waals surface area contributed by atoms with E-state index in [4.69, 9.17) is 4.74 Å². The van der Waals surface area contributed by atoms with E-state index in [-0.39, 0.29) is 11.9 Å². The van der Waals surface area contributed by atoms with E-state index in [0.717, 1.165) is 32.5 Å². The lowest BCUT2D eigenvalue weighted by Gasteiger charge is -2.31. The predicted octanol–water partition coefficient (Wildman–Crippen LogP) is 2.94. The van der Waals surface area contributed by atoms with Gasteiger partial charge in [-0.3, -0.25) is 9.69 Å². The Morgan fingerprint density at radius 3 is 3.14 bits per heavy atom. The molecule has 1 aromatic heterocycles. The van der Waals surface area contributed by atoms with Crippen LogP contribution in [0, 0.1) is 5.92 Å². The van der Waals surface area contributed by atoms with Gasteiger partial charge in [0.1, 0.15) is 0 Å². The number of H-pyrrole nitrogens is 1. The fraction of sp³-hybridized carbons (Fsp3) is 0.471. The number of ether oxygens (including phenoxy) is 1. The summed E-state index contributed by atoms with van der Waals surface area (Å²) in [5.74, 6) is -0.00923. The van der Waals surface area contributed by atoms with Gasteiger partial charge >= 0.3 is 5.97 Å². The number of hydrogen-bond donors (Lipinski definition) is 1. The first-order valence-corrected chi connectivity index (χ1v) is 7.72. The van der Waals surface area contributed by atoms with Crippen molar-refractivity contribution in [1.82, 2.24) is 9.88 Å². The monoisotopic (exact) mass is 286 g/mol. The lowest BCUT2D eigenvalue weighted by molar-refractivity contribution is -0.150. The lowest BCUT2D eigenvalue weighted by atomic mass is 9.97. The first-order chi connectivity index (χ1) is 10.3. The van der Waals surface area contributed by atoms with Crippen LogP contribution in [-0.2, 0) is 16.1 Å². The molecular weight excluding hydrogens is 264 g/mol. The summed E-state index contributed by atoms with van der Waals surface area (Å²) in [6.07, 6.45) is 4.09. The second kappa shape index (κ2) is 6.31. The Morgan fingerprint density at radius 2 is 2.29 bits per heavy atom. The summed E-state index contributed by atoms with van der Waals surface area (Å²) >= 11 is 0. The number of nitrogens with zero attached hydrogens (tertiary/aromatic N) is 1. The van der Waals surface area contributed by atoms with Crippen molar-refractivity contribution >= 4 is 16.9 Å².